The summed E-state index contributed by atoms with van der Waals surface area (Å²) in [5.74, 6) is 0.0619. The van der Waals surface area contributed by atoms with Crippen LogP contribution in [0.25, 0.3) is 11.3 Å². The number of pyridine rings is 1. The Bertz CT molecular complexity index is 1060. The van der Waals surface area contributed by atoms with Gasteiger partial charge in [0.05, 0.1) is 5.69 Å². The second-order valence-electron chi connectivity index (χ2n) is 8.52. The molecule has 0 fully saturated rings. The van der Waals surface area contributed by atoms with Crippen LogP contribution in [0.4, 0.5) is 0 Å². The first kappa shape index (κ1) is 18.3. The summed E-state index contributed by atoms with van der Waals surface area (Å²) in [4.78, 5) is 23.9. The van der Waals surface area contributed by atoms with Gasteiger partial charge in [0.25, 0.3) is 0 Å². The molecule has 1 atom stereocenters. The van der Waals surface area contributed by atoms with E-state index in [-0.39, 0.29) is 17.0 Å². The Morgan fingerprint density at radius 2 is 1.82 bits per heavy atom. The maximum absolute atomic E-state index is 12.4. The Morgan fingerprint density at radius 1 is 1.18 bits per heavy atom. The van der Waals surface area contributed by atoms with Crippen LogP contribution >= 0.6 is 0 Å². The summed E-state index contributed by atoms with van der Waals surface area (Å²) in [6, 6.07) is 5.27. The van der Waals surface area contributed by atoms with E-state index in [9.17, 15) is 14.7 Å². The quantitative estimate of drug-likeness (QED) is 0.763. The molecular formula is C22H23NO5. The van der Waals surface area contributed by atoms with Gasteiger partial charge >= 0.3 is 5.97 Å². The molecule has 4 rings (SSSR count). The number of carboxylic acids is 1. The van der Waals surface area contributed by atoms with Crippen LogP contribution in [-0.4, -0.2) is 28.9 Å². The van der Waals surface area contributed by atoms with E-state index < -0.39 is 11.4 Å². The van der Waals surface area contributed by atoms with Crippen LogP contribution in [0, 0.1) is 5.41 Å². The van der Waals surface area contributed by atoms with Crippen LogP contribution in [0.3, 0.4) is 0 Å². The van der Waals surface area contributed by atoms with Crippen molar-refractivity contribution < 1.29 is 19.4 Å². The monoisotopic (exact) mass is 381 g/mol. The molecule has 0 saturated heterocycles. The zero-order valence-corrected chi connectivity index (χ0v) is 16.2. The highest BCUT2D eigenvalue weighted by atomic mass is 16.5. The first-order valence-corrected chi connectivity index (χ1v) is 9.24. The number of nitrogens with zero attached hydrogens (tertiary/aromatic N) is 1. The maximum Gasteiger partial charge on any atom is 0.341 e. The van der Waals surface area contributed by atoms with Crippen molar-refractivity contribution in [1.82, 2.24) is 4.57 Å². The van der Waals surface area contributed by atoms with Crippen molar-refractivity contribution in [1.29, 1.82) is 0 Å². The van der Waals surface area contributed by atoms with E-state index in [1.54, 1.807) is 0 Å². The zero-order chi connectivity index (χ0) is 20.2. The van der Waals surface area contributed by atoms with Crippen LogP contribution in [0.1, 0.15) is 42.7 Å². The minimum absolute atomic E-state index is 0.00610. The fraction of sp³-hybridized carbons (Fsp3) is 0.364. The Morgan fingerprint density at radius 3 is 2.43 bits per heavy atom. The summed E-state index contributed by atoms with van der Waals surface area (Å²) < 4.78 is 13.6. The highest BCUT2D eigenvalue weighted by molar-refractivity contribution is 5.88. The number of fused-ring (bicyclic) bond motifs is 4. The molecule has 1 unspecified atom stereocenters. The van der Waals surface area contributed by atoms with Gasteiger partial charge in [0.2, 0.25) is 0 Å². The number of rotatable bonds is 1. The highest BCUT2D eigenvalue weighted by Gasteiger charge is 2.34. The molecule has 6 nitrogen and oxygen atoms in total. The molecular weight excluding hydrogens is 358 g/mol. The third kappa shape index (κ3) is 2.99. The molecule has 0 spiro atoms. The number of carboxylic acid groups (broad SMARTS) is 1. The lowest BCUT2D eigenvalue weighted by molar-refractivity contribution is 0.0693. The molecule has 2 aliphatic rings. The van der Waals surface area contributed by atoms with Gasteiger partial charge in [0.1, 0.15) is 18.8 Å². The summed E-state index contributed by atoms with van der Waals surface area (Å²) >= 11 is 0. The predicted octanol–water partition coefficient (Wildman–Crippen LogP) is 3.68. The van der Waals surface area contributed by atoms with E-state index in [4.69, 9.17) is 9.47 Å². The smallest absolute Gasteiger partial charge is 0.341 e. The second kappa shape index (κ2) is 6.26. The number of hydrogen-bond acceptors (Lipinski definition) is 4. The molecule has 6 heteroatoms. The number of benzene rings is 1. The summed E-state index contributed by atoms with van der Waals surface area (Å²) in [7, 11) is 0. The van der Waals surface area contributed by atoms with Gasteiger partial charge in [-0.15, -0.1) is 0 Å². The first-order chi connectivity index (χ1) is 13.1. The minimum atomic E-state index is -1.21. The minimum Gasteiger partial charge on any atom is -0.485 e. The van der Waals surface area contributed by atoms with E-state index in [0.717, 1.165) is 16.7 Å². The van der Waals surface area contributed by atoms with Crippen molar-refractivity contribution in [2.75, 3.05) is 13.2 Å². The average Bonchev–Trinajstić information content (AvgIpc) is 2.79. The van der Waals surface area contributed by atoms with Crippen molar-refractivity contribution in [2.24, 2.45) is 5.41 Å². The lowest BCUT2D eigenvalue weighted by Gasteiger charge is -2.39. The van der Waals surface area contributed by atoms with Crippen molar-refractivity contribution in [2.45, 2.75) is 33.2 Å². The lowest BCUT2D eigenvalue weighted by Crippen LogP contribution is -2.32. The van der Waals surface area contributed by atoms with Crippen molar-refractivity contribution in [3.8, 4) is 22.8 Å². The molecule has 1 aromatic carbocycles. The van der Waals surface area contributed by atoms with E-state index >= 15 is 0 Å². The molecule has 146 valence electrons. The van der Waals surface area contributed by atoms with Crippen LogP contribution in [0.5, 0.6) is 11.5 Å². The number of aromatic carboxylic acids is 1. The molecule has 1 aromatic heterocycles. The maximum atomic E-state index is 12.4. The predicted molar refractivity (Wildman–Crippen MR) is 105 cm³/mol. The van der Waals surface area contributed by atoms with Gasteiger partial charge in [-0.2, -0.15) is 0 Å². The molecule has 28 heavy (non-hydrogen) atoms. The summed E-state index contributed by atoms with van der Waals surface area (Å²) in [6.07, 6.45) is 2.18. The standard InChI is InChI=1S/C22H23NO5/c1-12-10-27-18-5-13-6-20(22(2,3)4)23-9-15(21(25)26)17(24)8-16(23)14(13)7-19(18)28-11-12/h5,7-9,20H,1,6,10-11H2,2-4H3,(H,25,26). The lowest BCUT2D eigenvalue weighted by atomic mass is 9.78. The van der Waals surface area contributed by atoms with Gasteiger partial charge in [0, 0.05) is 23.9 Å². The Labute approximate surface area is 163 Å². The molecule has 2 aliphatic heterocycles. The van der Waals surface area contributed by atoms with Crippen molar-refractivity contribution in [3.05, 3.63) is 57.9 Å². The van der Waals surface area contributed by atoms with Crippen LogP contribution in [-0.2, 0) is 6.42 Å². The Kier molecular flexibility index (Phi) is 4.10. The third-order valence-electron chi connectivity index (χ3n) is 5.37. The van der Waals surface area contributed by atoms with Crippen LogP contribution < -0.4 is 14.9 Å². The SMILES string of the molecule is C=C1COc2cc3c(cc2OC1)-c1cc(=O)c(C(=O)O)cn1C(C(C)(C)C)C3. The first-order valence-electron chi connectivity index (χ1n) is 9.24. The van der Waals surface area contributed by atoms with Gasteiger partial charge in [-0.25, -0.2) is 4.79 Å². The topological polar surface area (TPSA) is 77.8 Å². The molecule has 0 amide bonds. The normalized spacial score (nSPS) is 18.1. The van der Waals surface area contributed by atoms with E-state index in [1.807, 2.05) is 16.7 Å². The Hall–Kier alpha value is -3.02. The second-order valence-corrected chi connectivity index (χ2v) is 8.52. The van der Waals surface area contributed by atoms with E-state index in [1.165, 1.54) is 12.3 Å². The largest absolute Gasteiger partial charge is 0.485 e. The molecule has 2 aromatic rings. The summed E-state index contributed by atoms with van der Waals surface area (Å²) in [5, 5.41) is 9.41. The number of hydrogen-bond donors (Lipinski definition) is 1. The van der Waals surface area contributed by atoms with Gasteiger partial charge in [-0.3, -0.25) is 4.79 Å². The van der Waals surface area contributed by atoms with Crippen LogP contribution in [0.15, 0.2) is 41.3 Å². The molecule has 0 aliphatic carbocycles. The van der Waals surface area contributed by atoms with Crippen molar-refractivity contribution in [3.63, 3.8) is 0 Å². The highest BCUT2D eigenvalue weighted by Crippen LogP contribution is 2.46. The third-order valence-corrected chi connectivity index (χ3v) is 5.37. The molecule has 0 saturated carbocycles. The van der Waals surface area contributed by atoms with Crippen LogP contribution in [0.2, 0.25) is 0 Å². The van der Waals surface area contributed by atoms with Gasteiger partial charge in [-0.05, 0) is 35.1 Å². The summed E-state index contributed by atoms with van der Waals surface area (Å²) in [6.45, 7) is 11.0. The van der Waals surface area contributed by atoms with E-state index in [2.05, 4.69) is 27.4 Å². The number of aromatic nitrogens is 1. The van der Waals surface area contributed by atoms with Crippen molar-refractivity contribution >= 4 is 5.97 Å². The molecule has 0 bridgehead atoms. The van der Waals surface area contributed by atoms with Gasteiger partial charge in [-0.1, -0.05) is 27.4 Å². The average molecular weight is 381 g/mol. The number of ether oxygens (including phenoxy) is 2. The fourth-order valence-corrected chi connectivity index (χ4v) is 3.85. The fourth-order valence-electron chi connectivity index (χ4n) is 3.85. The van der Waals surface area contributed by atoms with E-state index in [0.29, 0.717) is 36.8 Å². The molecule has 0 radical (unpaired) electrons. The zero-order valence-electron chi connectivity index (χ0n) is 16.2. The summed E-state index contributed by atoms with van der Waals surface area (Å²) in [5.41, 5.74) is 2.61. The van der Waals surface area contributed by atoms with Gasteiger partial charge < -0.3 is 19.1 Å². The Balaban J connectivity index is 1.95. The molecule has 3 heterocycles. The van der Waals surface area contributed by atoms with Gasteiger partial charge in [0.15, 0.2) is 16.9 Å². The molecule has 1 N–H and O–H groups in total. The number of carbonyl (C=O) groups is 1.